The third kappa shape index (κ3) is 11.0. The van der Waals surface area contributed by atoms with Crippen LogP contribution in [0.1, 0.15) is 91.7 Å². The average molecular weight is 606 g/mol. The molecule has 1 atom stereocenters. The number of hydrogen-bond acceptors (Lipinski definition) is 8. The van der Waals surface area contributed by atoms with E-state index in [9.17, 15) is 9.59 Å². The summed E-state index contributed by atoms with van der Waals surface area (Å²) in [7, 11) is 0. The molecule has 2 aliphatic rings. The van der Waals surface area contributed by atoms with Crippen LogP contribution in [0.25, 0.3) is 0 Å². The van der Waals surface area contributed by atoms with Crippen LogP contribution in [0, 0.1) is 19.8 Å². The molecule has 232 valence electrons. The van der Waals surface area contributed by atoms with E-state index < -0.39 is 5.97 Å². The van der Waals surface area contributed by atoms with Gasteiger partial charge in [-0.25, -0.2) is 4.79 Å². The van der Waals surface area contributed by atoms with E-state index in [1.807, 2.05) is 51.2 Å². The number of allylic oxidation sites excluding steroid dienone is 1. The molecule has 2 fully saturated rings. The lowest BCUT2D eigenvalue weighted by Crippen LogP contribution is -2.25. The van der Waals surface area contributed by atoms with Crippen LogP contribution < -0.4 is 10.6 Å². The van der Waals surface area contributed by atoms with Gasteiger partial charge in [0.1, 0.15) is 5.70 Å². The maximum Gasteiger partial charge on any atom is 0.354 e. The molecule has 1 aromatic carbocycles. The molecule has 0 amide bonds. The summed E-state index contributed by atoms with van der Waals surface area (Å²) in [5.74, 6) is 1.84. The van der Waals surface area contributed by atoms with Crippen molar-refractivity contribution in [2.24, 2.45) is 16.6 Å². The largest absolute Gasteiger partial charge is 0.461 e. The topological polar surface area (TPSA) is 85.0 Å². The predicted octanol–water partition coefficient (Wildman–Crippen LogP) is 7.74. The van der Waals surface area contributed by atoms with Gasteiger partial charge < -0.3 is 15.4 Å². The first-order valence-electron chi connectivity index (χ1n) is 15.4. The SMILES string of the molecule is CC.CCCN(CCC)c1cccc(C)c1C.CCOC(=O)/C(N)=C1\CC2(CC1=NCC(=O)C(C)CC)SCCS2. The number of ether oxygens (including phenoxy) is 1. The highest BCUT2D eigenvalue weighted by Gasteiger charge is 2.45. The summed E-state index contributed by atoms with van der Waals surface area (Å²) in [4.78, 5) is 31.2. The molecule has 1 heterocycles. The predicted molar refractivity (Wildman–Crippen MR) is 182 cm³/mol. The van der Waals surface area contributed by atoms with Crippen molar-refractivity contribution in [3.8, 4) is 0 Å². The van der Waals surface area contributed by atoms with Gasteiger partial charge in [-0.2, -0.15) is 0 Å². The highest BCUT2D eigenvalue weighted by Crippen LogP contribution is 2.55. The lowest BCUT2D eigenvalue weighted by Gasteiger charge is -2.26. The maximum absolute atomic E-state index is 12.1. The Kier molecular flexibility index (Phi) is 17.5. The minimum Gasteiger partial charge on any atom is -0.461 e. The number of hydrogen-bond donors (Lipinski definition) is 1. The Morgan fingerprint density at radius 1 is 1.05 bits per heavy atom. The van der Waals surface area contributed by atoms with Gasteiger partial charge in [0.05, 0.1) is 17.2 Å². The summed E-state index contributed by atoms with van der Waals surface area (Å²) in [6.07, 6.45) is 4.71. The highest BCUT2D eigenvalue weighted by molar-refractivity contribution is 8.21. The number of esters is 1. The Labute approximate surface area is 258 Å². The van der Waals surface area contributed by atoms with Crippen molar-refractivity contribution in [2.75, 3.05) is 42.6 Å². The molecule has 1 spiro atoms. The normalized spacial score (nSPS) is 18.2. The number of aryl methyl sites for hydroxylation is 1. The van der Waals surface area contributed by atoms with Crippen molar-refractivity contribution in [1.82, 2.24) is 0 Å². The van der Waals surface area contributed by atoms with Gasteiger partial charge in [0.2, 0.25) is 0 Å². The molecule has 1 saturated heterocycles. The summed E-state index contributed by atoms with van der Waals surface area (Å²) in [5.41, 5.74) is 12.0. The Hall–Kier alpha value is -1.93. The molecule has 1 unspecified atom stereocenters. The number of aliphatic imine (C=N–C) groups is 1. The van der Waals surface area contributed by atoms with Gasteiger partial charge in [-0.15, -0.1) is 23.5 Å². The molecule has 1 aliphatic carbocycles. The molecule has 3 rings (SSSR count). The first-order chi connectivity index (χ1) is 19.6. The number of nitrogens with zero attached hydrogens (tertiary/aromatic N) is 2. The third-order valence-electron chi connectivity index (χ3n) is 7.36. The highest BCUT2D eigenvalue weighted by atomic mass is 32.2. The third-order valence-corrected chi connectivity index (χ3v) is 10.8. The minimum absolute atomic E-state index is 0.00905. The summed E-state index contributed by atoms with van der Waals surface area (Å²) in [6, 6.07) is 6.60. The van der Waals surface area contributed by atoms with E-state index in [-0.39, 0.29) is 28.0 Å². The van der Waals surface area contributed by atoms with Gasteiger partial charge in [-0.3, -0.25) is 9.79 Å². The van der Waals surface area contributed by atoms with Gasteiger partial charge in [0.25, 0.3) is 0 Å². The van der Waals surface area contributed by atoms with Crippen molar-refractivity contribution in [1.29, 1.82) is 0 Å². The molecular formula is C33H55N3O3S2. The van der Waals surface area contributed by atoms with Crippen molar-refractivity contribution >= 4 is 46.7 Å². The zero-order valence-electron chi connectivity index (χ0n) is 27.1. The number of thioether (sulfide) groups is 2. The van der Waals surface area contributed by atoms with Crippen LogP contribution in [0.2, 0.25) is 0 Å². The fourth-order valence-corrected chi connectivity index (χ4v) is 7.97. The van der Waals surface area contributed by atoms with Crippen molar-refractivity contribution < 1.29 is 14.3 Å². The molecule has 1 aliphatic heterocycles. The number of carbonyl (C=O) groups is 2. The van der Waals surface area contributed by atoms with Crippen LogP contribution in [0.5, 0.6) is 0 Å². The first kappa shape index (κ1) is 37.1. The molecule has 6 nitrogen and oxygen atoms in total. The average Bonchev–Trinajstić information content (AvgIpc) is 3.59. The molecule has 0 radical (unpaired) electrons. The monoisotopic (exact) mass is 605 g/mol. The zero-order chi connectivity index (χ0) is 31.0. The van der Waals surface area contributed by atoms with E-state index in [1.54, 1.807) is 6.92 Å². The van der Waals surface area contributed by atoms with E-state index in [2.05, 4.69) is 55.8 Å². The van der Waals surface area contributed by atoms with Crippen LogP contribution in [-0.2, 0) is 14.3 Å². The van der Waals surface area contributed by atoms with E-state index in [1.165, 1.54) is 29.7 Å². The standard InChI is InChI=1S/C17H26N2O3S2.C14H23N.C2H6/c1-4-11(3)14(20)10-19-13-9-17(23-6-7-24-17)8-12(13)15(18)16(21)22-5-2;1-5-10-15(11-6-2)14-9-7-8-12(3)13(14)4;1-2/h11H,4-10,18H2,1-3H3;7-9H,5-6,10-11H2,1-4H3;1-2H3/b15-12-,19-13?;;. The van der Waals surface area contributed by atoms with E-state index in [0.717, 1.165) is 48.7 Å². The second kappa shape index (κ2) is 19.3. The lowest BCUT2D eigenvalue weighted by atomic mass is 10.0. The number of rotatable bonds is 11. The Balaban J connectivity index is 0.000000425. The first-order valence-corrected chi connectivity index (χ1v) is 17.4. The second-order valence-electron chi connectivity index (χ2n) is 10.3. The van der Waals surface area contributed by atoms with Crippen LogP contribution in [0.15, 0.2) is 34.5 Å². The number of benzene rings is 1. The zero-order valence-corrected chi connectivity index (χ0v) is 28.7. The minimum atomic E-state index is -0.488. The Morgan fingerprint density at radius 2 is 1.66 bits per heavy atom. The van der Waals surface area contributed by atoms with Gasteiger partial charge in [0.15, 0.2) is 5.78 Å². The number of carbonyl (C=O) groups excluding carboxylic acids is 2. The fourth-order valence-electron chi connectivity index (χ4n) is 4.76. The van der Waals surface area contributed by atoms with Crippen molar-refractivity contribution in [2.45, 2.75) is 98.5 Å². The molecule has 1 saturated carbocycles. The quantitative estimate of drug-likeness (QED) is 0.204. The van der Waals surface area contributed by atoms with Crippen molar-refractivity contribution in [3.05, 3.63) is 40.6 Å². The smallest absolute Gasteiger partial charge is 0.354 e. The molecule has 0 aromatic heterocycles. The number of anilines is 1. The van der Waals surface area contributed by atoms with E-state index in [0.29, 0.717) is 13.0 Å². The van der Waals surface area contributed by atoms with Crippen LogP contribution in [0.4, 0.5) is 5.69 Å². The summed E-state index contributed by atoms with van der Waals surface area (Å²) < 4.78 is 5.06. The maximum atomic E-state index is 12.1. The number of ketones is 1. The second-order valence-corrected chi connectivity index (χ2v) is 13.5. The van der Waals surface area contributed by atoms with Crippen LogP contribution in [-0.4, -0.2) is 59.3 Å². The van der Waals surface area contributed by atoms with Crippen LogP contribution in [0.3, 0.4) is 0 Å². The molecule has 2 N–H and O–H groups in total. The van der Waals surface area contributed by atoms with Crippen molar-refractivity contribution in [3.63, 3.8) is 0 Å². The lowest BCUT2D eigenvalue weighted by molar-refractivity contribution is -0.138. The Bertz CT molecular complexity index is 1030. The fraction of sp³-hybridized carbons (Fsp3) is 0.667. The molecular weight excluding hydrogens is 551 g/mol. The Morgan fingerprint density at radius 3 is 2.20 bits per heavy atom. The van der Waals surface area contributed by atoms with E-state index >= 15 is 0 Å². The molecule has 8 heteroatoms. The van der Waals surface area contributed by atoms with Gasteiger partial charge in [0, 0.05) is 60.3 Å². The van der Waals surface area contributed by atoms with E-state index in [4.69, 9.17) is 10.5 Å². The van der Waals surface area contributed by atoms with Gasteiger partial charge >= 0.3 is 5.97 Å². The summed E-state index contributed by atoms with van der Waals surface area (Å²) >= 11 is 3.81. The molecule has 1 aromatic rings. The van der Waals surface area contributed by atoms with Gasteiger partial charge in [-0.05, 0) is 57.2 Å². The van der Waals surface area contributed by atoms with Gasteiger partial charge in [-0.1, -0.05) is 53.7 Å². The molecule has 0 bridgehead atoms. The number of Topliss-reactive ketones (excluding diaryl/α,β-unsaturated/α-hetero) is 1. The summed E-state index contributed by atoms with van der Waals surface area (Å²) in [5, 5.41) is 0. The summed E-state index contributed by atoms with van der Waals surface area (Å²) in [6.45, 7) is 21.4. The van der Waals surface area contributed by atoms with Crippen LogP contribution >= 0.6 is 23.5 Å². The number of nitrogens with two attached hydrogens (primary N) is 1. The molecule has 41 heavy (non-hydrogen) atoms.